The average Bonchev–Trinajstić information content (AvgIpc) is 2.56. The molecule has 2 rings (SSSR count). The Morgan fingerprint density at radius 1 is 1.29 bits per heavy atom. The van der Waals surface area contributed by atoms with Crippen LogP contribution >= 0.6 is 0 Å². The Labute approximate surface area is 143 Å². The Bertz CT molecular complexity index is 576. The Morgan fingerprint density at radius 3 is 2.54 bits per heavy atom. The second-order valence-electron chi connectivity index (χ2n) is 6.72. The third-order valence-electron chi connectivity index (χ3n) is 4.99. The first-order valence-corrected chi connectivity index (χ1v) is 8.60. The molecule has 1 aromatic carbocycles. The van der Waals surface area contributed by atoms with Crippen molar-refractivity contribution in [3.63, 3.8) is 0 Å². The van der Waals surface area contributed by atoms with Gasteiger partial charge in [0, 0.05) is 7.11 Å². The van der Waals surface area contributed by atoms with E-state index in [1.54, 1.807) is 7.11 Å². The summed E-state index contributed by atoms with van der Waals surface area (Å²) in [5.41, 5.74) is 0.761. The second-order valence-corrected chi connectivity index (χ2v) is 6.72. The van der Waals surface area contributed by atoms with Crippen LogP contribution < -0.4 is 5.32 Å². The molecule has 0 heterocycles. The zero-order chi connectivity index (χ0) is 17.6. The van der Waals surface area contributed by atoms with E-state index in [2.05, 4.69) is 12.2 Å². The lowest BCUT2D eigenvalue weighted by Crippen LogP contribution is -2.56. The van der Waals surface area contributed by atoms with Gasteiger partial charge in [-0.3, -0.25) is 4.79 Å². The van der Waals surface area contributed by atoms with Crippen molar-refractivity contribution in [3.8, 4) is 0 Å². The minimum Gasteiger partial charge on any atom is -0.480 e. The number of hydrogen-bond donors (Lipinski definition) is 2. The molecule has 0 atom stereocenters. The first-order valence-electron chi connectivity index (χ1n) is 8.60. The van der Waals surface area contributed by atoms with E-state index in [4.69, 9.17) is 4.74 Å². The van der Waals surface area contributed by atoms with E-state index in [1.807, 2.05) is 24.3 Å². The minimum atomic E-state index is -1.10. The zero-order valence-corrected chi connectivity index (χ0v) is 14.5. The van der Waals surface area contributed by atoms with Crippen LogP contribution in [0.5, 0.6) is 0 Å². The van der Waals surface area contributed by atoms with Crippen LogP contribution in [0, 0.1) is 5.92 Å². The second kappa shape index (κ2) is 8.29. The molecule has 1 fully saturated rings. The number of hydrogen-bond acceptors (Lipinski definition) is 3. The fourth-order valence-corrected chi connectivity index (χ4v) is 3.46. The molecule has 0 radical (unpaired) electrons. The monoisotopic (exact) mass is 333 g/mol. The summed E-state index contributed by atoms with van der Waals surface area (Å²) in [6.07, 6.45) is 3.98. The number of benzene rings is 1. The number of carbonyl (C=O) groups is 2. The summed E-state index contributed by atoms with van der Waals surface area (Å²) < 4.78 is 5.10. The van der Waals surface area contributed by atoms with E-state index in [0.29, 0.717) is 25.4 Å². The molecule has 5 heteroatoms. The summed E-state index contributed by atoms with van der Waals surface area (Å²) in [5, 5.41) is 12.5. The lowest BCUT2D eigenvalue weighted by Gasteiger charge is -2.37. The van der Waals surface area contributed by atoms with Gasteiger partial charge in [0.2, 0.25) is 5.91 Å². The molecule has 132 valence electrons. The number of rotatable bonds is 7. The maximum Gasteiger partial charge on any atom is 0.329 e. The molecular formula is C19H27NO4. The Morgan fingerprint density at radius 2 is 1.96 bits per heavy atom. The Kier molecular flexibility index (Phi) is 6.37. The predicted molar refractivity (Wildman–Crippen MR) is 91.6 cm³/mol. The summed E-state index contributed by atoms with van der Waals surface area (Å²) in [7, 11) is 1.63. The lowest BCUT2D eigenvalue weighted by molar-refractivity contribution is -0.149. The first-order chi connectivity index (χ1) is 11.5. The van der Waals surface area contributed by atoms with Crippen LogP contribution in [0.4, 0.5) is 0 Å². The van der Waals surface area contributed by atoms with Crippen molar-refractivity contribution in [1.82, 2.24) is 5.32 Å². The number of nitrogens with one attached hydrogen (secondary N) is 1. The van der Waals surface area contributed by atoms with Crippen LogP contribution in [0.15, 0.2) is 24.3 Å². The van der Waals surface area contributed by atoms with Crippen molar-refractivity contribution in [2.24, 2.45) is 5.92 Å². The van der Waals surface area contributed by atoms with Crippen LogP contribution in [-0.2, 0) is 27.4 Å². The van der Waals surface area contributed by atoms with Crippen molar-refractivity contribution in [2.75, 3.05) is 7.11 Å². The van der Waals surface area contributed by atoms with Crippen molar-refractivity contribution < 1.29 is 19.4 Å². The first kappa shape index (κ1) is 18.5. The summed E-state index contributed by atoms with van der Waals surface area (Å²) >= 11 is 0. The van der Waals surface area contributed by atoms with Gasteiger partial charge in [-0.2, -0.15) is 0 Å². The van der Waals surface area contributed by atoms with Gasteiger partial charge in [-0.05, 0) is 42.7 Å². The fraction of sp³-hybridized carbons (Fsp3) is 0.579. The third kappa shape index (κ3) is 4.57. The average molecular weight is 333 g/mol. The van der Waals surface area contributed by atoms with E-state index in [-0.39, 0.29) is 12.3 Å². The normalized spacial score (nSPS) is 23.7. The number of carbonyl (C=O) groups excluding carboxylic acids is 1. The number of carboxylic acids is 1. The number of amides is 1. The lowest BCUT2D eigenvalue weighted by atomic mass is 9.75. The Hall–Kier alpha value is -1.88. The largest absolute Gasteiger partial charge is 0.480 e. The molecule has 1 aromatic rings. The molecule has 1 saturated carbocycles. The van der Waals surface area contributed by atoms with Gasteiger partial charge in [0.15, 0.2) is 0 Å². The smallest absolute Gasteiger partial charge is 0.329 e. The standard InChI is InChI=1S/C19H27NO4/c1-3-14-7-9-19(10-8-14,18(22)23)20-17(21)12-15-5-4-6-16(11-15)13-24-2/h4-6,11,14H,3,7-10,12-13H2,1-2H3,(H,20,21)(H,22,23). The highest BCUT2D eigenvalue weighted by molar-refractivity contribution is 5.88. The predicted octanol–water partition coefficient (Wildman–Crippen LogP) is 2.92. The number of aliphatic carboxylic acids is 1. The molecule has 0 bridgehead atoms. The van der Waals surface area contributed by atoms with Crippen LogP contribution in [0.25, 0.3) is 0 Å². The zero-order valence-electron chi connectivity index (χ0n) is 14.5. The van der Waals surface area contributed by atoms with Crippen LogP contribution in [0.3, 0.4) is 0 Å². The molecule has 24 heavy (non-hydrogen) atoms. The highest BCUT2D eigenvalue weighted by Crippen LogP contribution is 2.34. The maximum absolute atomic E-state index is 12.4. The van der Waals surface area contributed by atoms with Gasteiger partial charge in [-0.1, -0.05) is 37.6 Å². The van der Waals surface area contributed by atoms with Crippen molar-refractivity contribution in [1.29, 1.82) is 0 Å². The molecule has 5 nitrogen and oxygen atoms in total. The van der Waals surface area contributed by atoms with Crippen LogP contribution in [0.1, 0.15) is 50.2 Å². The number of carboxylic acid groups (broad SMARTS) is 1. The van der Waals surface area contributed by atoms with Gasteiger partial charge >= 0.3 is 5.97 Å². The highest BCUT2D eigenvalue weighted by atomic mass is 16.5. The highest BCUT2D eigenvalue weighted by Gasteiger charge is 2.42. The van der Waals surface area contributed by atoms with Gasteiger partial charge in [-0.25, -0.2) is 4.79 Å². The summed E-state index contributed by atoms with van der Waals surface area (Å²) in [6, 6.07) is 7.62. The van der Waals surface area contributed by atoms with Crippen LogP contribution in [-0.4, -0.2) is 29.6 Å². The molecule has 1 aliphatic rings. The summed E-state index contributed by atoms with van der Waals surface area (Å²) in [6.45, 7) is 2.62. The van der Waals surface area contributed by atoms with E-state index in [0.717, 1.165) is 30.4 Å². The van der Waals surface area contributed by atoms with Gasteiger partial charge in [-0.15, -0.1) is 0 Å². The van der Waals surface area contributed by atoms with Gasteiger partial charge < -0.3 is 15.2 Å². The molecule has 0 saturated heterocycles. The van der Waals surface area contributed by atoms with E-state index >= 15 is 0 Å². The Balaban J connectivity index is 2.01. The van der Waals surface area contributed by atoms with Gasteiger partial charge in [0.05, 0.1) is 13.0 Å². The van der Waals surface area contributed by atoms with Crippen molar-refractivity contribution >= 4 is 11.9 Å². The molecular weight excluding hydrogens is 306 g/mol. The maximum atomic E-state index is 12.4. The summed E-state index contributed by atoms with van der Waals surface area (Å²) in [4.78, 5) is 24.2. The van der Waals surface area contributed by atoms with E-state index in [1.165, 1.54) is 0 Å². The molecule has 0 aliphatic heterocycles. The SMILES string of the molecule is CCC1CCC(NC(=O)Cc2cccc(COC)c2)(C(=O)O)CC1. The minimum absolute atomic E-state index is 0.184. The third-order valence-corrected chi connectivity index (χ3v) is 4.99. The van der Waals surface area contributed by atoms with Crippen molar-refractivity contribution in [2.45, 2.75) is 57.6 Å². The van der Waals surface area contributed by atoms with Crippen LogP contribution in [0.2, 0.25) is 0 Å². The molecule has 0 unspecified atom stereocenters. The fourth-order valence-electron chi connectivity index (χ4n) is 3.46. The molecule has 1 amide bonds. The number of methoxy groups -OCH3 is 1. The number of ether oxygens (including phenoxy) is 1. The van der Waals surface area contributed by atoms with Crippen molar-refractivity contribution in [3.05, 3.63) is 35.4 Å². The van der Waals surface area contributed by atoms with Gasteiger partial charge in [0.25, 0.3) is 0 Å². The van der Waals surface area contributed by atoms with E-state index < -0.39 is 11.5 Å². The molecule has 0 aromatic heterocycles. The topological polar surface area (TPSA) is 75.6 Å². The summed E-state index contributed by atoms with van der Waals surface area (Å²) in [5.74, 6) is -0.583. The quantitative estimate of drug-likeness (QED) is 0.804. The molecule has 0 spiro atoms. The molecule has 2 N–H and O–H groups in total. The molecule has 1 aliphatic carbocycles. The van der Waals surface area contributed by atoms with E-state index in [9.17, 15) is 14.7 Å². The van der Waals surface area contributed by atoms with Gasteiger partial charge in [0.1, 0.15) is 5.54 Å².